The summed E-state index contributed by atoms with van der Waals surface area (Å²) in [6.45, 7) is -0.134. The largest absolute Gasteiger partial charge is 1.00 e. The zero-order valence-electron chi connectivity index (χ0n) is 12.2. The molecule has 2 aliphatic rings. The molecule has 2 fully saturated rings. The monoisotopic (exact) mass is 389 g/mol. The Morgan fingerprint density at radius 2 is 1.74 bits per heavy atom. The van der Waals surface area contributed by atoms with Gasteiger partial charge in [0, 0.05) is 6.54 Å². The quantitative estimate of drug-likeness (QED) is 0.278. The van der Waals surface area contributed by atoms with Crippen molar-refractivity contribution in [2.24, 2.45) is 0 Å². The Hall–Kier alpha value is 0.520. The van der Waals surface area contributed by atoms with Crippen LogP contribution in [0.4, 0.5) is 4.79 Å². The van der Waals surface area contributed by atoms with Gasteiger partial charge >= 0.3 is 65.1 Å². The number of fused-ring (bicyclic) bond motifs is 2. The molecule has 0 aromatic heterocycles. The molecule has 2 saturated heterocycles. The Kier molecular flexibility index (Phi) is 8.45. The summed E-state index contributed by atoms with van der Waals surface area (Å²) in [4.78, 5) is 24.3. The summed E-state index contributed by atoms with van der Waals surface area (Å²) in [6.07, 6.45) is 0.0747. The molecule has 2 bridgehead atoms. The molecular weight excluding hydrogens is 380 g/mol. The fourth-order valence-corrected chi connectivity index (χ4v) is 3.06. The second-order valence-corrected chi connectivity index (χ2v) is 6.49. The molecule has 0 spiro atoms. The number of carbonyl (C=O) groups is 2. The van der Waals surface area contributed by atoms with Crippen molar-refractivity contribution in [2.45, 2.75) is 24.9 Å². The summed E-state index contributed by atoms with van der Waals surface area (Å²) in [5.74, 6) is -1.20. The van der Waals surface area contributed by atoms with Gasteiger partial charge in [0.25, 0.3) is 5.91 Å². The van der Waals surface area contributed by atoms with Crippen LogP contribution in [0.1, 0.15) is 12.8 Å². The Morgan fingerprint density at radius 3 is 2.22 bits per heavy atom. The van der Waals surface area contributed by atoms with E-state index in [0.29, 0.717) is 5.06 Å². The third-order valence-electron chi connectivity index (χ3n) is 3.02. The Morgan fingerprint density at radius 1 is 1.17 bits per heavy atom. The predicted octanol–water partition coefficient (Wildman–Crippen LogP) is -8.77. The molecule has 0 saturated carbocycles. The van der Waals surface area contributed by atoms with Crippen molar-refractivity contribution in [1.82, 2.24) is 14.7 Å². The number of carbonyl (C=O) groups excluding carboxylic acids is 2. The van der Waals surface area contributed by atoms with Gasteiger partial charge in [0.2, 0.25) is 10.4 Å². The van der Waals surface area contributed by atoms with E-state index in [1.54, 1.807) is 0 Å². The summed E-state index contributed by atoms with van der Waals surface area (Å²) in [6, 6.07) is -3.09. The Labute approximate surface area is 176 Å². The first-order valence-corrected chi connectivity index (χ1v) is 8.25. The standard InChI is InChI=1S/C7H11N3O9S2.2Na/c11-6(8-20(13,14)15)5-2-1-4-3-9(5)7(12)10(4)19-21(16,17)18;;/h4-5H,1-3H2,(H,8,11)(H,13,14,15)(H,16,17,18);;/q;2*+1/p-2/t4?,5-;;/m1../s1. The zero-order chi connectivity index (χ0) is 16.0. The average molecular weight is 389 g/mol. The van der Waals surface area contributed by atoms with Crippen molar-refractivity contribution < 1.29 is 98.9 Å². The van der Waals surface area contributed by atoms with Gasteiger partial charge in [0.15, 0.2) is 10.3 Å². The summed E-state index contributed by atoms with van der Waals surface area (Å²) in [5.41, 5.74) is 0. The molecule has 0 aromatic rings. The molecule has 0 radical (unpaired) electrons. The van der Waals surface area contributed by atoms with Crippen molar-refractivity contribution in [3.63, 3.8) is 0 Å². The van der Waals surface area contributed by atoms with Crippen LogP contribution in [0.5, 0.6) is 0 Å². The topological polar surface area (TPSA) is 176 Å². The van der Waals surface area contributed by atoms with E-state index >= 15 is 0 Å². The number of rotatable bonds is 4. The number of hydrogen-bond donors (Lipinski definition) is 1. The molecular formula is C7H9N3Na2O9S2. The van der Waals surface area contributed by atoms with Gasteiger partial charge in [-0.25, -0.2) is 21.6 Å². The molecule has 1 unspecified atom stereocenters. The van der Waals surface area contributed by atoms with Gasteiger partial charge in [-0.3, -0.25) is 9.52 Å². The molecule has 16 heteroatoms. The molecule has 2 heterocycles. The maximum absolute atomic E-state index is 11.9. The molecule has 12 nitrogen and oxygen atoms in total. The molecule has 1 N–H and O–H groups in total. The van der Waals surface area contributed by atoms with E-state index in [1.165, 1.54) is 4.72 Å². The van der Waals surface area contributed by atoms with Crippen molar-refractivity contribution in [3.8, 4) is 0 Å². The van der Waals surface area contributed by atoms with Gasteiger partial charge in [-0.05, 0) is 12.8 Å². The molecule has 3 amide bonds. The van der Waals surface area contributed by atoms with Gasteiger partial charge in [-0.1, -0.05) is 0 Å². The van der Waals surface area contributed by atoms with Crippen LogP contribution in [0.2, 0.25) is 0 Å². The predicted molar refractivity (Wildman–Crippen MR) is 59.4 cm³/mol. The van der Waals surface area contributed by atoms with Crippen LogP contribution >= 0.6 is 0 Å². The van der Waals surface area contributed by atoms with Crippen LogP contribution in [0.25, 0.3) is 0 Å². The van der Waals surface area contributed by atoms with Crippen molar-refractivity contribution in [2.75, 3.05) is 6.54 Å². The van der Waals surface area contributed by atoms with E-state index in [1.807, 2.05) is 0 Å². The third-order valence-corrected chi connectivity index (χ3v) is 3.82. The number of nitrogens with zero attached hydrogens (tertiary/aromatic N) is 2. The first-order valence-electron chi connectivity index (χ1n) is 5.50. The fraction of sp³-hybridized carbons (Fsp3) is 0.714. The van der Waals surface area contributed by atoms with E-state index in [0.717, 1.165) is 4.90 Å². The van der Waals surface area contributed by atoms with Crippen molar-refractivity contribution in [1.29, 1.82) is 0 Å². The zero-order valence-corrected chi connectivity index (χ0v) is 17.8. The number of urea groups is 1. The normalized spacial score (nSPS) is 23.8. The Balaban J connectivity index is 0.00000242. The smallest absolute Gasteiger partial charge is 0.731 e. The molecule has 0 aromatic carbocycles. The number of nitrogens with one attached hydrogen (secondary N) is 1. The molecule has 2 rings (SSSR count). The maximum Gasteiger partial charge on any atom is 1.00 e. The minimum absolute atomic E-state index is 0. The number of hydrogen-bond acceptors (Lipinski definition) is 9. The maximum atomic E-state index is 11.9. The molecule has 0 aliphatic carbocycles. The van der Waals surface area contributed by atoms with E-state index in [4.69, 9.17) is 0 Å². The fourth-order valence-electron chi connectivity index (χ4n) is 2.29. The van der Waals surface area contributed by atoms with Gasteiger partial charge in [0.05, 0.1) is 6.04 Å². The molecule has 23 heavy (non-hydrogen) atoms. The second-order valence-electron chi connectivity index (χ2n) is 4.41. The number of piperidine rings is 1. The first-order chi connectivity index (χ1) is 9.48. The third kappa shape index (κ3) is 6.07. The van der Waals surface area contributed by atoms with Gasteiger partial charge in [-0.15, -0.1) is 0 Å². The van der Waals surface area contributed by atoms with Crippen LogP contribution in [-0.2, 0) is 29.8 Å². The van der Waals surface area contributed by atoms with Crippen molar-refractivity contribution >= 4 is 32.6 Å². The Bertz CT molecular complexity index is 681. The summed E-state index contributed by atoms with van der Waals surface area (Å²) in [5, 5.41) is 0.335. The van der Waals surface area contributed by atoms with Gasteiger partial charge in [-0.2, -0.15) is 9.35 Å². The van der Waals surface area contributed by atoms with Gasteiger partial charge in [0.1, 0.15) is 6.04 Å². The minimum atomic E-state index is -5.16. The van der Waals surface area contributed by atoms with Crippen LogP contribution < -0.4 is 63.8 Å². The van der Waals surface area contributed by atoms with Crippen molar-refractivity contribution in [3.05, 3.63) is 0 Å². The summed E-state index contributed by atoms with van der Waals surface area (Å²) < 4.78 is 68.2. The number of amides is 3. The molecule has 2 atom stereocenters. The summed E-state index contributed by atoms with van der Waals surface area (Å²) in [7, 11) is -10.2. The summed E-state index contributed by atoms with van der Waals surface area (Å²) >= 11 is 0. The molecule has 120 valence electrons. The van der Waals surface area contributed by atoms with E-state index in [-0.39, 0.29) is 78.5 Å². The van der Waals surface area contributed by atoms with E-state index < -0.39 is 44.7 Å². The van der Waals surface area contributed by atoms with Gasteiger partial charge < -0.3 is 14.0 Å². The minimum Gasteiger partial charge on any atom is -0.731 e. The average Bonchev–Trinajstić information content (AvgIpc) is 2.51. The van der Waals surface area contributed by atoms with E-state index in [2.05, 4.69) is 4.28 Å². The second kappa shape index (κ2) is 8.27. The number of hydroxylamine groups is 2. The van der Waals surface area contributed by atoms with Crippen LogP contribution in [0, 0.1) is 0 Å². The van der Waals surface area contributed by atoms with E-state index in [9.17, 15) is 35.5 Å². The van der Waals surface area contributed by atoms with Crippen LogP contribution in [0.3, 0.4) is 0 Å². The van der Waals surface area contributed by atoms with Crippen LogP contribution in [0.15, 0.2) is 0 Å². The van der Waals surface area contributed by atoms with Crippen LogP contribution in [-0.4, -0.2) is 66.5 Å². The first kappa shape index (κ1) is 23.5. The SMILES string of the molecule is O=C(NS(=O)(=O)[O-])[C@H]1CCC2CN1C(=O)N2OS(=O)(=O)[O-].[Na+].[Na+]. The molecule has 2 aliphatic heterocycles.